The highest BCUT2D eigenvalue weighted by atomic mass is 16.5. The molecule has 28 heavy (non-hydrogen) atoms. The van der Waals surface area contributed by atoms with Crippen LogP contribution in [0.4, 0.5) is 0 Å². The zero-order chi connectivity index (χ0) is 18.9. The average Bonchev–Trinajstić information content (AvgIpc) is 3.41. The number of fused-ring (bicyclic) bond motifs is 1. The Morgan fingerprint density at radius 1 is 1.00 bits per heavy atom. The lowest BCUT2D eigenvalue weighted by Gasteiger charge is -2.26. The maximum absolute atomic E-state index is 12.6. The third kappa shape index (κ3) is 2.99. The molecule has 7 nitrogen and oxygen atoms in total. The minimum Gasteiger partial charge on any atom is -0.378 e. The molecule has 0 aliphatic carbocycles. The highest BCUT2D eigenvalue weighted by Crippen LogP contribution is 2.22. The first-order valence-corrected chi connectivity index (χ1v) is 9.32. The summed E-state index contributed by atoms with van der Waals surface area (Å²) in [6.45, 7) is 3.14. The van der Waals surface area contributed by atoms with Crippen molar-refractivity contribution in [1.29, 1.82) is 0 Å². The first kappa shape index (κ1) is 16.8. The van der Waals surface area contributed by atoms with Crippen molar-refractivity contribution >= 4 is 11.6 Å². The number of aliphatic imine (C=N–C) groups is 1. The quantitative estimate of drug-likeness (QED) is 0.705. The molecule has 0 N–H and O–H groups in total. The Morgan fingerprint density at radius 2 is 1.79 bits per heavy atom. The number of aromatic nitrogens is 3. The SMILES string of the molecule is O=C(c1ccc(-n2cc(C3=NCc4ccccc43)nn2)cc1)N1CCOCC1. The van der Waals surface area contributed by atoms with Gasteiger partial charge in [0, 0.05) is 24.2 Å². The van der Waals surface area contributed by atoms with Crippen LogP contribution in [0.25, 0.3) is 5.69 Å². The van der Waals surface area contributed by atoms with Gasteiger partial charge in [0.1, 0.15) is 5.69 Å². The molecular weight excluding hydrogens is 354 g/mol. The number of carbonyl (C=O) groups excluding carboxylic acids is 1. The van der Waals surface area contributed by atoms with Crippen LogP contribution in [-0.4, -0.2) is 57.8 Å². The number of ether oxygens (including phenoxy) is 1. The van der Waals surface area contributed by atoms with Gasteiger partial charge in [-0.05, 0) is 29.8 Å². The lowest BCUT2D eigenvalue weighted by molar-refractivity contribution is 0.0303. The molecule has 5 rings (SSSR count). The van der Waals surface area contributed by atoms with Gasteiger partial charge >= 0.3 is 0 Å². The van der Waals surface area contributed by atoms with Crippen LogP contribution in [0.2, 0.25) is 0 Å². The molecular formula is C21H19N5O2. The first-order chi connectivity index (χ1) is 13.8. The molecule has 140 valence electrons. The molecule has 1 fully saturated rings. The van der Waals surface area contributed by atoms with E-state index in [9.17, 15) is 4.79 Å². The Balaban J connectivity index is 1.36. The monoisotopic (exact) mass is 373 g/mol. The minimum absolute atomic E-state index is 0.0334. The molecule has 3 heterocycles. The number of amides is 1. The van der Waals surface area contributed by atoms with Crippen LogP contribution in [0.3, 0.4) is 0 Å². The molecule has 2 aliphatic heterocycles. The van der Waals surface area contributed by atoms with Gasteiger partial charge in [0.25, 0.3) is 5.91 Å². The maximum Gasteiger partial charge on any atom is 0.254 e. The van der Waals surface area contributed by atoms with Crippen molar-refractivity contribution < 1.29 is 9.53 Å². The molecule has 1 saturated heterocycles. The Hall–Kier alpha value is -3.32. The van der Waals surface area contributed by atoms with Gasteiger partial charge in [-0.25, -0.2) is 4.68 Å². The van der Waals surface area contributed by atoms with Gasteiger partial charge in [-0.1, -0.05) is 29.5 Å². The smallest absolute Gasteiger partial charge is 0.254 e. The van der Waals surface area contributed by atoms with E-state index in [-0.39, 0.29) is 5.91 Å². The van der Waals surface area contributed by atoms with E-state index in [2.05, 4.69) is 27.4 Å². The van der Waals surface area contributed by atoms with Crippen LogP contribution in [-0.2, 0) is 11.3 Å². The summed E-state index contributed by atoms with van der Waals surface area (Å²) in [6, 6.07) is 15.6. The van der Waals surface area contributed by atoms with Crippen molar-refractivity contribution in [2.24, 2.45) is 4.99 Å². The summed E-state index contributed by atoms with van der Waals surface area (Å²) in [7, 11) is 0. The number of hydrogen-bond acceptors (Lipinski definition) is 5. The normalized spacial score (nSPS) is 16.0. The Labute approximate surface area is 162 Å². The molecule has 7 heteroatoms. The van der Waals surface area contributed by atoms with Crippen molar-refractivity contribution in [2.45, 2.75) is 6.54 Å². The zero-order valence-corrected chi connectivity index (χ0v) is 15.3. The van der Waals surface area contributed by atoms with E-state index in [1.54, 1.807) is 4.68 Å². The van der Waals surface area contributed by atoms with Crippen LogP contribution < -0.4 is 0 Å². The second-order valence-corrected chi connectivity index (χ2v) is 6.82. The molecule has 0 spiro atoms. The van der Waals surface area contributed by atoms with Gasteiger partial charge in [-0.2, -0.15) is 0 Å². The largest absolute Gasteiger partial charge is 0.378 e. The molecule has 0 unspecified atom stereocenters. The van der Waals surface area contributed by atoms with Gasteiger partial charge < -0.3 is 9.64 Å². The summed E-state index contributed by atoms with van der Waals surface area (Å²) in [4.78, 5) is 19.0. The number of morpholine rings is 1. The van der Waals surface area contributed by atoms with E-state index >= 15 is 0 Å². The molecule has 0 radical (unpaired) electrons. The van der Waals surface area contributed by atoms with Gasteiger partial charge in [-0.15, -0.1) is 5.10 Å². The van der Waals surface area contributed by atoms with Crippen LogP contribution in [0.1, 0.15) is 27.2 Å². The van der Waals surface area contributed by atoms with Crippen LogP contribution >= 0.6 is 0 Å². The van der Waals surface area contributed by atoms with Crippen molar-refractivity contribution in [3.63, 3.8) is 0 Å². The second-order valence-electron chi connectivity index (χ2n) is 6.82. The van der Waals surface area contributed by atoms with Crippen molar-refractivity contribution in [2.75, 3.05) is 26.3 Å². The topological polar surface area (TPSA) is 72.6 Å². The number of hydrogen-bond donors (Lipinski definition) is 0. The second kappa shape index (κ2) is 7.01. The van der Waals surface area contributed by atoms with Gasteiger partial charge in [0.05, 0.1) is 37.4 Å². The zero-order valence-electron chi connectivity index (χ0n) is 15.3. The number of carbonyl (C=O) groups is 1. The first-order valence-electron chi connectivity index (χ1n) is 9.32. The molecule has 0 bridgehead atoms. The molecule has 3 aromatic rings. The molecule has 0 saturated carbocycles. The summed E-state index contributed by atoms with van der Waals surface area (Å²) in [5.74, 6) is 0.0334. The summed E-state index contributed by atoms with van der Waals surface area (Å²) >= 11 is 0. The fourth-order valence-electron chi connectivity index (χ4n) is 3.56. The van der Waals surface area contributed by atoms with Gasteiger partial charge in [0.2, 0.25) is 0 Å². The summed E-state index contributed by atoms with van der Waals surface area (Å²) in [5.41, 5.74) is 5.46. The van der Waals surface area contributed by atoms with E-state index in [1.165, 1.54) is 5.56 Å². The molecule has 1 aromatic heterocycles. The van der Waals surface area contributed by atoms with Crippen LogP contribution in [0.15, 0.2) is 59.7 Å². The fourth-order valence-corrected chi connectivity index (χ4v) is 3.56. The Morgan fingerprint density at radius 3 is 2.61 bits per heavy atom. The minimum atomic E-state index is 0.0334. The summed E-state index contributed by atoms with van der Waals surface area (Å²) < 4.78 is 7.02. The van der Waals surface area contributed by atoms with E-state index < -0.39 is 0 Å². The third-order valence-corrected chi connectivity index (χ3v) is 5.09. The van der Waals surface area contributed by atoms with Crippen LogP contribution in [0.5, 0.6) is 0 Å². The number of nitrogens with zero attached hydrogens (tertiary/aromatic N) is 5. The van der Waals surface area contributed by atoms with E-state index in [1.807, 2.05) is 47.5 Å². The average molecular weight is 373 g/mol. The van der Waals surface area contributed by atoms with Crippen molar-refractivity contribution in [3.05, 3.63) is 77.1 Å². The molecule has 1 amide bonds. The maximum atomic E-state index is 12.6. The van der Waals surface area contributed by atoms with Gasteiger partial charge in [-0.3, -0.25) is 9.79 Å². The van der Waals surface area contributed by atoms with E-state index in [4.69, 9.17) is 4.74 Å². The molecule has 2 aliphatic rings. The fraction of sp³-hybridized carbons (Fsp3) is 0.238. The summed E-state index contributed by atoms with van der Waals surface area (Å²) in [5, 5.41) is 8.54. The highest BCUT2D eigenvalue weighted by Gasteiger charge is 2.20. The van der Waals surface area contributed by atoms with Crippen LogP contribution in [0, 0.1) is 0 Å². The Kier molecular flexibility index (Phi) is 4.21. The predicted molar refractivity (Wildman–Crippen MR) is 104 cm³/mol. The lowest BCUT2D eigenvalue weighted by Crippen LogP contribution is -2.40. The Bertz CT molecular complexity index is 1050. The molecule has 2 aromatic carbocycles. The van der Waals surface area contributed by atoms with E-state index in [0.717, 1.165) is 22.7 Å². The number of benzene rings is 2. The number of rotatable bonds is 3. The lowest BCUT2D eigenvalue weighted by atomic mass is 10.0. The van der Waals surface area contributed by atoms with Crippen molar-refractivity contribution in [3.8, 4) is 5.69 Å². The summed E-state index contributed by atoms with van der Waals surface area (Å²) in [6.07, 6.45) is 1.87. The standard InChI is InChI=1S/C21H19N5O2/c27-21(25-9-11-28-12-10-25)15-5-7-17(8-6-15)26-14-19(23-24-26)20-18-4-2-1-3-16(18)13-22-20/h1-8,14H,9-13H2. The molecule has 0 atom stereocenters. The van der Waals surface area contributed by atoms with Crippen molar-refractivity contribution in [1.82, 2.24) is 19.9 Å². The predicted octanol–water partition coefficient (Wildman–Crippen LogP) is 2.09. The third-order valence-electron chi connectivity index (χ3n) is 5.09. The van der Waals surface area contributed by atoms with E-state index in [0.29, 0.717) is 38.4 Å². The van der Waals surface area contributed by atoms with Gasteiger partial charge in [0.15, 0.2) is 0 Å². The highest BCUT2D eigenvalue weighted by molar-refractivity contribution is 6.13.